The van der Waals surface area contributed by atoms with E-state index in [1.54, 1.807) is 24.3 Å². The summed E-state index contributed by atoms with van der Waals surface area (Å²) in [4.78, 5) is 27.7. The van der Waals surface area contributed by atoms with Crippen LogP contribution in [0.15, 0.2) is 24.3 Å². The minimum atomic E-state index is -0.0858. The number of hydrogen-bond acceptors (Lipinski definition) is 3. The van der Waals surface area contributed by atoms with Gasteiger partial charge >= 0.3 is 6.03 Å². The monoisotopic (exact) mass is 289 g/mol. The third-order valence-corrected chi connectivity index (χ3v) is 4.19. The van der Waals surface area contributed by atoms with Crippen molar-refractivity contribution >= 4 is 17.5 Å². The maximum atomic E-state index is 12.3. The van der Waals surface area contributed by atoms with Crippen LogP contribution >= 0.6 is 0 Å². The number of amides is 2. The van der Waals surface area contributed by atoms with E-state index < -0.39 is 0 Å². The average Bonchev–Trinajstić information content (AvgIpc) is 2.44. The minimum absolute atomic E-state index is 0.0228. The fourth-order valence-corrected chi connectivity index (χ4v) is 2.56. The van der Waals surface area contributed by atoms with Crippen molar-refractivity contribution in [2.24, 2.45) is 0 Å². The molecule has 114 valence electrons. The second kappa shape index (κ2) is 6.26. The van der Waals surface area contributed by atoms with Gasteiger partial charge in [-0.05, 0) is 52.1 Å². The molecule has 0 bridgehead atoms. The highest BCUT2D eigenvalue weighted by atomic mass is 16.2. The molecule has 0 saturated carbocycles. The topological polar surface area (TPSA) is 52.7 Å². The van der Waals surface area contributed by atoms with Gasteiger partial charge in [-0.2, -0.15) is 0 Å². The second-order valence-electron chi connectivity index (χ2n) is 5.83. The number of carbonyl (C=O) groups excluding carboxylic acids is 2. The van der Waals surface area contributed by atoms with Crippen LogP contribution in [0.4, 0.5) is 10.5 Å². The highest BCUT2D eigenvalue weighted by Gasteiger charge is 2.29. The molecule has 1 aliphatic rings. The molecule has 2 atom stereocenters. The Morgan fingerprint density at radius 3 is 2.10 bits per heavy atom. The van der Waals surface area contributed by atoms with Crippen LogP contribution in [0.5, 0.6) is 0 Å². The van der Waals surface area contributed by atoms with Gasteiger partial charge < -0.3 is 10.2 Å². The molecule has 5 nitrogen and oxygen atoms in total. The van der Waals surface area contributed by atoms with Crippen LogP contribution in [0.25, 0.3) is 0 Å². The second-order valence-corrected chi connectivity index (χ2v) is 5.83. The number of nitrogens with one attached hydrogen (secondary N) is 1. The summed E-state index contributed by atoms with van der Waals surface area (Å²) in [5.41, 5.74) is 1.36. The Morgan fingerprint density at radius 2 is 1.62 bits per heavy atom. The number of urea groups is 1. The number of carbonyl (C=O) groups is 2. The number of Topliss-reactive ketones (excluding diaryl/α,β-unsaturated/α-hetero) is 1. The van der Waals surface area contributed by atoms with Crippen LogP contribution < -0.4 is 5.32 Å². The van der Waals surface area contributed by atoms with Gasteiger partial charge in [0.25, 0.3) is 0 Å². The molecular weight excluding hydrogens is 266 g/mol. The molecule has 0 aliphatic carbocycles. The molecule has 1 N–H and O–H groups in total. The number of piperazine rings is 1. The average molecular weight is 289 g/mol. The van der Waals surface area contributed by atoms with E-state index in [1.165, 1.54) is 6.92 Å². The molecule has 0 spiro atoms. The first-order valence-electron chi connectivity index (χ1n) is 7.27. The summed E-state index contributed by atoms with van der Waals surface area (Å²) in [6.07, 6.45) is 0. The number of anilines is 1. The highest BCUT2D eigenvalue weighted by Crippen LogP contribution is 2.16. The zero-order chi connectivity index (χ0) is 15.6. The summed E-state index contributed by atoms with van der Waals surface area (Å²) >= 11 is 0. The van der Waals surface area contributed by atoms with E-state index in [2.05, 4.69) is 31.1 Å². The molecular formula is C16H23N3O2. The van der Waals surface area contributed by atoms with Gasteiger partial charge in [-0.1, -0.05) is 0 Å². The van der Waals surface area contributed by atoms with Gasteiger partial charge in [0.2, 0.25) is 0 Å². The molecule has 2 rings (SSSR count). The van der Waals surface area contributed by atoms with E-state index in [4.69, 9.17) is 0 Å². The van der Waals surface area contributed by atoms with Crippen LogP contribution in [0.3, 0.4) is 0 Å². The predicted octanol–water partition coefficient (Wildman–Crippen LogP) is 2.45. The van der Waals surface area contributed by atoms with Crippen LogP contribution in [0.1, 0.15) is 31.1 Å². The van der Waals surface area contributed by atoms with Crippen molar-refractivity contribution in [2.45, 2.75) is 32.9 Å². The fraction of sp³-hybridized carbons (Fsp3) is 0.500. The smallest absolute Gasteiger partial charge is 0.321 e. The lowest BCUT2D eigenvalue weighted by Gasteiger charge is -2.42. The van der Waals surface area contributed by atoms with Crippen molar-refractivity contribution in [3.8, 4) is 0 Å². The highest BCUT2D eigenvalue weighted by molar-refractivity contribution is 5.95. The normalized spacial score (nSPS) is 23.0. The maximum Gasteiger partial charge on any atom is 0.321 e. The molecule has 1 aliphatic heterocycles. The number of nitrogens with zero attached hydrogens (tertiary/aromatic N) is 2. The summed E-state index contributed by atoms with van der Waals surface area (Å²) in [7, 11) is 2.09. The number of hydrogen-bond donors (Lipinski definition) is 1. The molecule has 5 heteroatoms. The van der Waals surface area contributed by atoms with Gasteiger partial charge in [-0.15, -0.1) is 0 Å². The van der Waals surface area contributed by atoms with E-state index >= 15 is 0 Å². The lowest BCUT2D eigenvalue weighted by molar-refractivity contribution is 0.0816. The minimum Gasteiger partial charge on any atom is -0.321 e. The van der Waals surface area contributed by atoms with Gasteiger partial charge in [-0.25, -0.2) is 4.79 Å². The first kappa shape index (κ1) is 15.5. The summed E-state index contributed by atoms with van der Waals surface area (Å²) < 4.78 is 0. The van der Waals surface area contributed by atoms with Crippen LogP contribution in [-0.2, 0) is 0 Å². The van der Waals surface area contributed by atoms with E-state index in [0.29, 0.717) is 23.3 Å². The van der Waals surface area contributed by atoms with Crippen molar-refractivity contribution in [1.29, 1.82) is 0 Å². The Kier molecular flexibility index (Phi) is 4.63. The molecule has 1 fully saturated rings. The third kappa shape index (κ3) is 3.61. The van der Waals surface area contributed by atoms with E-state index in [9.17, 15) is 9.59 Å². The molecule has 0 aromatic heterocycles. The first-order valence-corrected chi connectivity index (χ1v) is 7.27. The van der Waals surface area contributed by atoms with Crippen molar-refractivity contribution in [2.75, 3.05) is 25.5 Å². The summed E-state index contributed by atoms with van der Waals surface area (Å²) in [5.74, 6) is 0.0228. The SMILES string of the molecule is CC(=O)c1ccc(NC(=O)N2CC(C)N(C)C(C)C2)cc1. The molecule has 21 heavy (non-hydrogen) atoms. The molecule has 0 radical (unpaired) electrons. The van der Waals surface area contributed by atoms with Gasteiger partial charge in [0.05, 0.1) is 0 Å². The largest absolute Gasteiger partial charge is 0.321 e. The Bertz CT molecular complexity index is 515. The third-order valence-electron chi connectivity index (χ3n) is 4.19. The number of likely N-dealkylation sites (N-methyl/N-ethyl adjacent to an activating group) is 1. The number of benzene rings is 1. The van der Waals surface area contributed by atoms with E-state index in [0.717, 1.165) is 13.1 Å². The van der Waals surface area contributed by atoms with Crippen molar-refractivity contribution in [3.63, 3.8) is 0 Å². The number of ketones is 1. The fourth-order valence-electron chi connectivity index (χ4n) is 2.56. The maximum absolute atomic E-state index is 12.3. The first-order chi connectivity index (χ1) is 9.88. The summed E-state index contributed by atoms with van der Waals surface area (Å²) in [6, 6.07) is 7.59. The van der Waals surface area contributed by atoms with Gasteiger partial charge in [0.1, 0.15) is 0 Å². The van der Waals surface area contributed by atoms with Crippen LogP contribution in [0.2, 0.25) is 0 Å². The number of rotatable bonds is 2. The van der Waals surface area contributed by atoms with Crippen LogP contribution in [-0.4, -0.2) is 53.8 Å². The lowest BCUT2D eigenvalue weighted by atomic mass is 10.1. The van der Waals surface area contributed by atoms with Crippen molar-refractivity contribution in [1.82, 2.24) is 9.80 Å². The quantitative estimate of drug-likeness (QED) is 0.851. The molecule has 1 saturated heterocycles. The molecule has 1 heterocycles. The van der Waals surface area contributed by atoms with E-state index in [1.807, 2.05) is 4.90 Å². The van der Waals surface area contributed by atoms with Gasteiger partial charge in [0.15, 0.2) is 5.78 Å². The van der Waals surface area contributed by atoms with Crippen LogP contribution in [0, 0.1) is 0 Å². The Balaban J connectivity index is 1.99. The zero-order valence-electron chi connectivity index (χ0n) is 13.1. The Labute approximate surface area is 125 Å². The molecule has 2 amide bonds. The summed E-state index contributed by atoms with van der Waals surface area (Å²) in [5, 5.41) is 2.89. The van der Waals surface area contributed by atoms with E-state index in [-0.39, 0.29) is 11.8 Å². The van der Waals surface area contributed by atoms with Crippen molar-refractivity contribution < 1.29 is 9.59 Å². The van der Waals surface area contributed by atoms with Crippen molar-refractivity contribution in [3.05, 3.63) is 29.8 Å². The lowest BCUT2D eigenvalue weighted by Crippen LogP contribution is -2.57. The van der Waals surface area contributed by atoms with Gasteiger partial charge in [-0.3, -0.25) is 9.69 Å². The zero-order valence-corrected chi connectivity index (χ0v) is 13.1. The molecule has 2 unspecified atom stereocenters. The molecule has 1 aromatic rings. The standard InChI is InChI=1S/C16H23N3O2/c1-11-9-19(10-12(2)18(11)4)16(21)17-15-7-5-14(6-8-15)13(3)20/h5-8,11-12H,9-10H2,1-4H3,(H,17,21). The Morgan fingerprint density at radius 1 is 1.10 bits per heavy atom. The predicted molar refractivity (Wildman–Crippen MR) is 83.7 cm³/mol. The molecule has 1 aromatic carbocycles. The van der Waals surface area contributed by atoms with Gasteiger partial charge in [0, 0.05) is 36.4 Å². The Hall–Kier alpha value is -1.88. The summed E-state index contributed by atoms with van der Waals surface area (Å²) in [6.45, 7) is 7.21.